The predicted molar refractivity (Wildman–Crippen MR) is 134 cm³/mol. The Hall–Kier alpha value is -3.68. The number of amides is 1. The fraction of sp³-hybridized carbons (Fsp3) is 0.250. The van der Waals surface area contributed by atoms with Crippen LogP contribution in [0.25, 0.3) is 17.0 Å². The topological polar surface area (TPSA) is 84.2 Å². The molecule has 1 atom stereocenters. The highest BCUT2D eigenvalue weighted by Gasteiger charge is 2.28. The van der Waals surface area contributed by atoms with Gasteiger partial charge in [-0.3, -0.25) is 14.9 Å². The van der Waals surface area contributed by atoms with Gasteiger partial charge in [-0.05, 0) is 84.3 Å². The molecule has 0 radical (unpaired) electrons. The van der Waals surface area contributed by atoms with Crippen LogP contribution in [0.2, 0.25) is 0 Å². The summed E-state index contributed by atoms with van der Waals surface area (Å²) >= 11 is 0. The maximum atomic E-state index is 13.6. The number of halogens is 1. The van der Waals surface area contributed by atoms with Gasteiger partial charge in [0, 0.05) is 54.2 Å². The van der Waals surface area contributed by atoms with Gasteiger partial charge in [0.15, 0.2) is 0 Å². The van der Waals surface area contributed by atoms with Crippen molar-refractivity contribution in [3.8, 4) is 0 Å². The SMILES string of the molecule is Cc1[nH]ccc1CN(CCc1c[nH]c2cc(F)ccc12)C1CCc2cc(C=CC(=O)NO)ccc21. The lowest BCUT2D eigenvalue weighted by molar-refractivity contribution is -0.124. The number of H-pyrrole nitrogens is 2. The van der Waals surface area contributed by atoms with E-state index in [1.165, 1.54) is 40.1 Å². The minimum atomic E-state index is -0.545. The highest BCUT2D eigenvalue weighted by atomic mass is 19.1. The number of carbonyl (C=O) groups excluding carboxylic acids is 1. The summed E-state index contributed by atoms with van der Waals surface area (Å²) in [6.45, 7) is 3.82. The number of aryl methyl sites for hydroxylation is 2. The molecule has 1 amide bonds. The fourth-order valence-electron chi connectivity index (χ4n) is 5.16. The number of carbonyl (C=O) groups is 1. The molecule has 1 aliphatic carbocycles. The first-order valence-corrected chi connectivity index (χ1v) is 11.9. The van der Waals surface area contributed by atoms with Crippen molar-refractivity contribution in [2.45, 2.75) is 38.8 Å². The van der Waals surface area contributed by atoms with Gasteiger partial charge in [-0.1, -0.05) is 18.2 Å². The van der Waals surface area contributed by atoms with Crippen LogP contribution in [0.5, 0.6) is 0 Å². The van der Waals surface area contributed by atoms with E-state index >= 15 is 0 Å². The van der Waals surface area contributed by atoms with Crippen molar-refractivity contribution in [2.24, 2.45) is 0 Å². The molecular formula is C28H29FN4O2. The van der Waals surface area contributed by atoms with Crippen molar-refractivity contribution in [2.75, 3.05) is 6.54 Å². The predicted octanol–water partition coefficient (Wildman–Crippen LogP) is 5.19. The van der Waals surface area contributed by atoms with Crippen LogP contribution in [-0.4, -0.2) is 32.5 Å². The lowest BCUT2D eigenvalue weighted by atomic mass is 10.0. The van der Waals surface area contributed by atoms with Gasteiger partial charge in [-0.25, -0.2) is 9.87 Å². The third-order valence-electron chi connectivity index (χ3n) is 7.03. The smallest absolute Gasteiger partial charge is 0.267 e. The first-order chi connectivity index (χ1) is 17.0. The van der Waals surface area contributed by atoms with Crippen molar-refractivity contribution < 1.29 is 14.4 Å². The number of hydrogen-bond donors (Lipinski definition) is 4. The molecule has 6 nitrogen and oxygen atoms in total. The number of nitrogens with one attached hydrogen (secondary N) is 3. The first-order valence-electron chi connectivity index (χ1n) is 11.9. The molecule has 0 fully saturated rings. The number of nitrogens with zero attached hydrogens (tertiary/aromatic N) is 1. The van der Waals surface area contributed by atoms with E-state index in [2.05, 4.69) is 40.0 Å². The summed E-state index contributed by atoms with van der Waals surface area (Å²) < 4.78 is 13.6. The summed E-state index contributed by atoms with van der Waals surface area (Å²) in [5.41, 5.74) is 9.65. The minimum Gasteiger partial charge on any atom is -0.365 e. The molecule has 4 aromatic rings. The largest absolute Gasteiger partial charge is 0.365 e. The molecule has 0 bridgehead atoms. The van der Waals surface area contributed by atoms with E-state index in [1.54, 1.807) is 17.6 Å². The van der Waals surface area contributed by atoms with Gasteiger partial charge >= 0.3 is 0 Å². The van der Waals surface area contributed by atoms with Gasteiger partial charge < -0.3 is 9.97 Å². The number of aromatic nitrogens is 2. The average molecular weight is 473 g/mol. The molecular weight excluding hydrogens is 443 g/mol. The average Bonchev–Trinajstić information content (AvgIpc) is 3.58. The molecule has 0 saturated carbocycles. The van der Waals surface area contributed by atoms with E-state index < -0.39 is 5.91 Å². The van der Waals surface area contributed by atoms with Crippen LogP contribution in [0, 0.1) is 12.7 Å². The monoisotopic (exact) mass is 472 g/mol. The van der Waals surface area contributed by atoms with Crippen molar-refractivity contribution in [1.82, 2.24) is 20.3 Å². The zero-order chi connectivity index (χ0) is 24.4. The van der Waals surface area contributed by atoms with Gasteiger partial charge in [0.2, 0.25) is 0 Å². The van der Waals surface area contributed by atoms with Gasteiger partial charge in [-0.2, -0.15) is 0 Å². The summed E-state index contributed by atoms with van der Waals surface area (Å²) in [4.78, 5) is 20.4. The van der Waals surface area contributed by atoms with Gasteiger partial charge in [0.05, 0.1) is 0 Å². The minimum absolute atomic E-state index is 0.232. The number of fused-ring (bicyclic) bond motifs is 2. The van der Waals surface area contributed by atoms with Crippen LogP contribution in [0.15, 0.2) is 60.9 Å². The van der Waals surface area contributed by atoms with Crippen LogP contribution >= 0.6 is 0 Å². The summed E-state index contributed by atoms with van der Waals surface area (Å²) in [6, 6.07) is 13.7. The highest BCUT2D eigenvalue weighted by Crippen LogP contribution is 2.38. The third-order valence-corrected chi connectivity index (χ3v) is 7.03. The van der Waals surface area contributed by atoms with E-state index in [9.17, 15) is 9.18 Å². The molecule has 0 aliphatic heterocycles. The standard InChI is InChI=1S/C28H29FN4O2/c1-18-22(10-12-30-18)17-33(13-11-21-16-31-26-15-23(29)5-7-24(21)26)27-8-4-20-14-19(2-6-25(20)27)3-9-28(34)32-35/h2-3,5-7,9-10,12,14-16,27,30-31,35H,4,8,11,13,17H2,1H3,(H,32,34). The molecule has 4 N–H and O–H groups in total. The second kappa shape index (κ2) is 9.90. The van der Waals surface area contributed by atoms with Crippen LogP contribution in [-0.2, 0) is 24.2 Å². The highest BCUT2D eigenvalue weighted by molar-refractivity contribution is 5.90. The summed E-state index contributed by atoms with van der Waals surface area (Å²) in [6.07, 6.45) is 9.87. The Kier molecular flexibility index (Phi) is 6.53. The van der Waals surface area contributed by atoms with E-state index in [4.69, 9.17) is 5.21 Å². The Labute approximate surface area is 203 Å². The number of hydroxylamine groups is 1. The van der Waals surface area contributed by atoms with Crippen molar-refractivity contribution >= 4 is 22.9 Å². The molecule has 180 valence electrons. The van der Waals surface area contributed by atoms with Crippen molar-refractivity contribution in [3.05, 3.63) is 100 Å². The summed E-state index contributed by atoms with van der Waals surface area (Å²) in [5.74, 6) is -0.777. The summed E-state index contributed by atoms with van der Waals surface area (Å²) in [5, 5.41) is 9.77. The maximum Gasteiger partial charge on any atom is 0.267 e. The van der Waals surface area contributed by atoms with E-state index in [0.29, 0.717) is 6.04 Å². The molecule has 2 aromatic carbocycles. The van der Waals surface area contributed by atoms with E-state index in [1.807, 2.05) is 24.5 Å². The molecule has 7 heteroatoms. The molecule has 0 saturated heterocycles. The van der Waals surface area contributed by atoms with Crippen molar-refractivity contribution in [3.63, 3.8) is 0 Å². The zero-order valence-electron chi connectivity index (χ0n) is 19.6. The normalized spacial score (nSPS) is 15.4. The zero-order valence-corrected chi connectivity index (χ0v) is 19.6. The van der Waals surface area contributed by atoms with Gasteiger partial charge in [0.1, 0.15) is 5.82 Å². The molecule has 1 unspecified atom stereocenters. The molecule has 5 rings (SSSR count). The summed E-state index contributed by atoms with van der Waals surface area (Å²) in [7, 11) is 0. The molecule has 1 aliphatic rings. The first kappa shape index (κ1) is 23.1. The van der Waals surface area contributed by atoms with Gasteiger partial charge in [-0.15, -0.1) is 0 Å². The van der Waals surface area contributed by atoms with E-state index in [0.717, 1.165) is 48.8 Å². The molecule has 0 spiro atoms. The Bertz CT molecular complexity index is 1390. The number of rotatable bonds is 8. The Morgan fingerprint density at radius 3 is 2.89 bits per heavy atom. The van der Waals surface area contributed by atoms with Crippen LogP contribution in [0.3, 0.4) is 0 Å². The Balaban J connectivity index is 1.39. The van der Waals surface area contributed by atoms with E-state index in [-0.39, 0.29) is 5.82 Å². The number of aromatic amines is 2. The molecule has 2 heterocycles. The second-order valence-corrected chi connectivity index (χ2v) is 9.17. The third kappa shape index (κ3) is 4.92. The molecule has 35 heavy (non-hydrogen) atoms. The molecule has 2 aromatic heterocycles. The lowest BCUT2D eigenvalue weighted by Crippen LogP contribution is -2.29. The van der Waals surface area contributed by atoms with Crippen LogP contribution in [0.4, 0.5) is 4.39 Å². The van der Waals surface area contributed by atoms with Crippen LogP contribution in [0.1, 0.15) is 46.0 Å². The lowest BCUT2D eigenvalue weighted by Gasteiger charge is -2.30. The van der Waals surface area contributed by atoms with Gasteiger partial charge in [0.25, 0.3) is 5.91 Å². The second-order valence-electron chi connectivity index (χ2n) is 9.17. The Morgan fingerprint density at radius 1 is 1.20 bits per heavy atom. The number of hydrogen-bond acceptors (Lipinski definition) is 3. The Morgan fingerprint density at radius 2 is 2.09 bits per heavy atom. The quantitative estimate of drug-likeness (QED) is 0.162. The fourth-order valence-corrected chi connectivity index (χ4v) is 5.16. The maximum absolute atomic E-state index is 13.6. The van der Waals surface area contributed by atoms with Crippen LogP contribution < -0.4 is 5.48 Å². The van der Waals surface area contributed by atoms with Crippen molar-refractivity contribution in [1.29, 1.82) is 0 Å². The number of benzene rings is 2.